The topological polar surface area (TPSA) is 62.9 Å². The highest BCUT2D eigenvalue weighted by molar-refractivity contribution is 5.80. The molecule has 22 heavy (non-hydrogen) atoms. The van der Waals surface area contributed by atoms with E-state index < -0.39 is 0 Å². The van der Waals surface area contributed by atoms with Crippen LogP contribution in [0.15, 0.2) is 9.52 Å². The zero-order valence-corrected chi connectivity index (χ0v) is 13.8. The fraction of sp³-hybridized carbons (Fsp3) is 0.750. The van der Waals surface area contributed by atoms with Crippen LogP contribution in [0.1, 0.15) is 36.8 Å². The summed E-state index contributed by atoms with van der Waals surface area (Å²) in [6.07, 6.45) is 2.37. The maximum Gasteiger partial charge on any atom is 0.194 e. The minimum atomic E-state index is 0.346. The Kier molecular flexibility index (Phi) is 4.38. The van der Waals surface area contributed by atoms with E-state index in [4.69, 9.17) is 14.3 Å². The number of rotatable bonds is 3. The molecule has 2 saturated heterocycles. The van der Waals surface area contributed by atoms with E-state index in [0.717, 1.165) is 55.8 Å². The van der Waals surface area contributed by atoms with E-state index in [0.29, 0.717) is 12.0 Å². The van der Waals surface area contributed by atoms with Gasteiger partial charge in [0.15, 0.2) is 5.96 Å². The molecule has 2 fully saturated rings. The molecule has 1 aromatic heterocycles. The summed E-state index contributed by atoms with van der Waals surface area (Å²) in [7, 11) is 0. The number of guanidine groups is 1. The third-order valence-corrected chi connectivity index (χ3v) is 4.83. The Bertz CT molecular complexity index is 527. The van der Waals surface area contributed by atoms with Crippen molar-refractivity contribution in [2.24, 2.45) is 10.4 Å². The number of hydrogen-bond donors (Lipinski definition) is 1. The molecule has 2 aliphatic rings. The zero-order valence-electron chi connectivity index (χ0n) is 13.8. The van der Waals surface area contributed by atoms with Gasteiger partial charge in [0.2, 0.25) is 0 Å². The number of hydrogen-bond acceptors (Lipinski definition) is 4. The number of likely N-dealkylation sites (tertiary alicyclic amines) is 1. The van der Waals surface area contributed by atoms with Crippen molar-refractivity contribution in [2.75, 3.05) is 32.8 Å². The molecule has 1 spiro atoms. The summed E-state index contributed by atoms with van der Waals surface area (Å²) in [5, 5.41) is 7.42. The molecule has 122 valence electrons. The van der Waals surface area contributed by atoms with Crippen LogP contribution >= 0.6 is 0 Å². The molecule has 0 aliphatic carbocycles. The fourth-order valence-electron chi connectivity index (χ4n) is 3.39. The molecular formula is C16H26N4O2. The summed E-state index contributed by atoms with van der Waals surface area (Å²) in [5.41, 5.74) is 2.37. The first-order valence-electron chi connectivity index (χ1n) is 8.16. The Morgan fingerprint density at radius 2 is 2.27 bits per heavy atom. The van der Waals surface area contributed by atoms with Crippen molar-refractivity contribution in [3.05, 3.63) is 17.0 Å². The van der Waals surface area contributed by atoms with Gasteiger partial charge in [0.1, 0.15) is 5.76 Å². The van der Waals surface area contributed by atoms with E-state index in [2.05, 4.69) is 22.3 Å². The molecule has 0 bridgehead atoms. The fourth-order valence-corrected chi connectivity index (χ4v) is 3.39. The summed E-state index contributed by atoms with van der Waals surface area (Å²) in [6, 6.07) is 0. The third kappa shape index (κ3) is 2.97. The highest BCUT2D eigenvalue weighted by Gasteiger charge is 2.42. The lowest BCUT2D eigenvalue weighted by molar-refractivity contribution is 0.156. The number of ether oxygens (including phenoxy) is 1. The van der Waals surface area contributed by atoms with Crippen molar-refractivity contribution < 1.29 is 9.26 Å². The number of aromatic nitrogens is 1. The van der Waals surface area contributed by atoms with Gasteiger partial charge in [-0.1, -0.05) is 5.16 Å². The second-order valence-corrected chi connectivity index (χ2v) is 6.45. The van der Waals surface area contributed by atoms with Gasteiger partial charge in [-0.25, -0.2) is 4.99 Å². The third-order valence-electron chi connectivity index (χ3n) is 4.83. The van der Waals surface area contributed by atoms with E-state index in [1.165, 1.54) is 12.8 Å². The normalized spacial score (nSPS) is 25.4. The molecule has 0 saturated carbocycles. The predicted molar refractivity (Wildman–Crippen MR) is 84.9 cm³/mol. The molecule has 0 aromatic carbocycles. The highest BCUT2D eigenvalue weighted by Crippen LogP contribution is 2.38. The molecule has 0 amide bonds. The standard InChI is InChI=1S/C16H26N4O2/c1-4-17-15(18-9-14-12(2)19-22-13(14)3)20-7-5-16(10-20)6-8-21-11-16/h4-11H2,1-3H3,(H,17,18). The van der Waals surface area contributed by atoms with Gasteiger partial charge in [-0.05, 0) is 33.6 Å². The van der Waals surface area contributed by atoms with Gasteiger partial charge in [0.05, 0.1) is 18.8 Å². The van der Waals surface area contributed by atoms with Crippen LogP contribution in [0.25, 0.3) is 0 Å². The Morgan fingerprint density at radius 1 is 1.41 bits per heavy atom. The Balaban J connectivity index is 1.71. The number of nitrogens with zero attached hydrogens (tertiary/aromatic N) is 3. The van der Waals surface area contributed by atoms with Gasteiger partial charge in [-0.3, -0.25) is 0 Å². The lowest BCUT2D eigenvalue weighted by atomic mass is 9.87. The molecular weight excluding hydrogens is 280 g/mol. The summed E-state index contributed by atoms with van der Waals surface area (Å²) < 4.78 is 10.8. The van der Waals surface area contributed by atoms with Gasteiger partial charge >= 0.3 is 0 Å². The number of nitrogens with one attached hydrogen (secondary N) is 1. The van der Waals surface area contributed by atoms with Gasteiger partial charge in [0.25, 0.3) is 0 Å². The molecule has 2 aliphatic heterocycles. The van der Waals surface area contributed by atoms with Crippen LogP contribution in [0.5, 0.6) is 0 Å². The molecule has 6 nitrogen and oxygen atoms in total. The SMILES string of the molecule is CCNC(=NCc1c(C)noc1C)N1CCC2(CCOC2)C1. The zero-order chi connectivity index (χ0) is 15.6. The highest BCUT2D eigenvalue weighted by atomic mass is 16.5. The second kappa shape index (κ2) is 6.28. The molecule has 0 radical (unpaired) electrons. The van der Waals surface area contributed by atoms with Crippen LogP contribution in [-0.2, 0) is 11.3 Å². The average molecular weight is 306 g/mol. The molecule has 3 heterocycles. The first-order valence-corrected chi connectivity index (χ1v) is 8.16. The second-order valence-electron chi connectivity index (χ2n) is 6.45. The largest absolute Gasteiger partial charge is 0.381 e. The number of aliphatic imine (C=N–C) groups is 1. The average Bonchev–Trinajstić information content (AvgIpc) is 3.21. The van der Waals surface area contributed by atoms with Crippen LogP contribution in [0.4, 0.5) is 0 Å². The minimum Gasteiger partial charge on any atom is -0.381 e. The lowest BCUT2D eigenvalue weighted by Gasteiger charge is -2.24. The van der Waals surface area contributed by atoms with E-state index >= 15 is 0 Å². The van der Waals surface area contributed by atoms with E-state index in [1.807, 2.05) is 13.8 Å². The van der Waals surface area contributed by atoms with E-state index in [1.54, 1.807) is 0 Å². The first kappa shape index (κ1) is 15.3. The summed E-state index contributed by atoms with van der Waals surface area (Å²) in [4.78, 5) is 7.18. The quantitative estimate of drug-likeness (QED) is 0.682. The number of aryl methyl sites for hydroxylation is 2. The lowest BCUT2D eigenvalue weighted by Crippen LogP contribution is -2.41. The predicted octanol–water partition coefficient (Wildman–Crippen LogP) is 1.87. The molecule has 3 rings (SSSR count). The summed E-state index contributed by atoms with van der Waals surface area (Å²) >= 11 is 0. The van der Waals surface area contributed by atoms with E-state index in [-0.39, 0.29) is 0 Å². The van der Waals surface area contributed by atoms with Crippen molar-refractivity contribution in [2.45, 2.75) is 40.2 Å². The maximum atomic E-state index is 5.61. The monoisotopic (exact) mass is 306 g/mol. The van der Waals surface area contributed by atoms with Gasteiger partial charge < -0.3 is 19.5 Å². The van der Waals surface area contributed by atoms with Crippen molar-refractivity contribution >= 4 is 5.96 Å². The van der Waals surface area contributed by atoms with Crippen molar-refractivity contribution in [1.29, 1.82) is 0 Å². The first-order chi connectivity index (χ1) is 10.6. The molecule has 1 unspecified atom stereocenters. The molecule has 1 aromatic rings. The van der Waals surface area contributed by atoms with Gasteiger partial charge in [-0.2, -0.15) is 0 Å². The van der Waals surface area contributed by atoms with Crippen molar-refractivity contribution in [3.63, 3.8) is 0 Å². The van der Waals surface area contributed by atoms with Crippen molar-refractivity contribution in [3.8, 4) is 0 Å². The molecule has 1 N–H and O–H groups in total. The Morgan fingerprint density at radius 3 is 2.91 bits per heavy atom. The van der Waals surface area contributed by atoms with Crippen LogP contribution in [0, 0.1) is 19.3 Å². The maximum absolute atomic E-state index is 5.61. The van der Waals surface area contributed by atoms with Crippen molar-refractivity contribution in [1.82, 2.24) is 15.4 Å². The smallest absolute Gasteiger partial charge is 0.194 e. The van der Waals surface area contributed by atoms with E-state index in [9.17, 15) is 0 Å². The van der Waals surface area contributed by atoms with Crippen LogP contribution in [0.2, 0.25) is 0 Å². The Labute approximate surface area is 131 Å². The molecule has 6 heteroatoms. The summed E-state index contributed by atoms with van der Waals surface area (Å²) in [5.74, 6) is 1.85. The van der Waals surface area contributed by atoms with Crippen LogP contribution in [-0.4, -0.2) is 48.9 Å². The Hall–Kier alpha value is -1.56. The summed E-state index contributed by atoms with van der Waals surface area (Å²) in [6.45, 7) is 11.4. The van der Waals surface area contributed by atoms with Gasteiger partial charge in [0, 0.05) is 37.2 Å². The molecule has 1 atom stereocenters. The van der Waals surface area contributed by atoms with Gasteiger partial charge in [-0.15, -0.1) is 0 Å². The minimum absolute atomic E-state index is 0.346. The van der Waals surface area contributed by atoms with Crippen LogP contribution < -0.4 is 5.32 Å². The van der Waals surface area contributed by atoms with Crippen LogP contribution in [0.3, 0.4) is 0 Å².